The van der Waals surface area contributed by atoms with Crippen molar-refractivity contribution in [3.63, 3.8) is 0 Å². The van der Waals surface area contributed by atoms with Crippen molar-refractivity contribution in [3.05, 3.63) is 0 Å². The Bertz CT molecular complexity index is 677. The summed E-state index contributed by atoms with van der Waals surface area (Å²) in [4.78, 5) is 12.7. The van der Waals surface area contributed by atoms with Gasteiger partial charge in [-0.2, -0.15) is 0 Å². The molecule has 4 saturated carbocycles. The van der Waals surface area contributed by atoms with Crippen molar-refractivity contribution in [1.29, 1.82) is 0 Å². The molecule has 0 amide bonds. The zero-order valence-corrected chi connectivity index (χ0v) is 19.6. The largest absolute Gasteiger partial charge is 0.381 e. The molecule has 5 aliphatic rings. The predicted octanol–water partition coefficient (Wildman–Crippen LogP) is 5.38. The van der Waals surface area contributed by atoms with E-state index in [4.69, 9.17) is 14.2 Å². The predicted molar refractivity (Wildman–Crippen MR) is 116 cm³/mol. The van der Waals surface area contributed by atoms with Crippen LogP contribution in [0, 0.1) is 39.9 Å². The molecule has 1 spiro atoms. The van der Waals surface area contributed by atoms with Gasteiger partial charge in [0.2, 0.25) is 0 Å². The third-order valence-electron chi connectivity index (χ3n) is 10.1. The molecule has 30 heavy (non-hydrogen) atoms. The number of fused-ring (bicyclic) bond motifs is 5. The summed E-state index contributed by atoms with van der Waals surface area (Å²) >= 11 is 0. The van der Waals surface area contributed by atoms with Crippen LogP contribution in [0.4, 0.5) is 0 Å². The van der Waals surface area contributed by atoms with Gasteiger partial charge in [0.25, 0.3) is 0 Å². The number of ketones is 1. The summed E-state index contributed by atoms with van der Waals surface area (Å²) < 4.78 is 19.1. The first-order valence-corrected chi connectivity index (χ1v) is 12.6. The van der Waals surface area contributed by atoms with Crippen molar-refractivity contribution in [1.82, 2.24) is 0 Å². The number of rotatable bonds is 3. The van der Waals surface area contributed by atoms with Crippen LogP contribution in [0.25, 0.3) is 0 Å². The fraction of sp³-hybridized carbons (Fsp3) is 0.962. The second kappa shape index (κ2) is 7.28. The SMILES string of the molecule is CCOC[C@]12CCC3(C[C@H]1CC[C@@H]1[C@@H]2CC[C@]2(C)C(=O)CC[C@@H]12)OCC(C)(C)CO3. The molecule has 1 aliphatic heterocycles. The third kappa shape index (κ3) is 3.15. The van der Waals surface area contributed by atoms with Gasteiger partial charge in [-0.25, -0.2) is 0 Å². The van der Waals surface area contributed by atoms with Crippen LogP contribution >= 0.6 is 0 Å². The van der Waals surface area contributed by atoms with Gasteiger partial charge >= 0.3 is 0 Å². The quantitative estimate of drug-likeness (QED) is 0.617. The van der Waals surface area contributed by atoms with Crippen LogP contribution in [0.15, 0.2) is 0 Å². The molecule has 1 saturated heterocycles. The molecule has 4 aliphatic carbocycles. The summed E-state index contributed by atoms with van der Waals surface area (Å²) in [5.41, 5.74) is 0.320. The van der Waals surface area contributed by atoms with E-state index in [2.05, 4.69) is 27.7 Å². The Morgan fingerprint density at radius 3 is 2.47 bits per heavy atom. The van der Waals surface area contributed by atoms with Crippen LogP contribution in [0.3, 0.4) is 0 Å². The van der Waals surface area contributed by atoms with Gasteiger partial charge in [0.05, 0.1) is 19.8 Å². The normalized spacial score (nSPS) is 46.9. The summed E-state index contributed by atoms with van der Waals surface area (Å²) in [6.07, 6.45) is 9.92. The highest BCUT2D eigenvalue weighted by Crippen LogP contribution is 2.67. The molecule has 5 rings (SSSR count). The maximum Gasteiger partial charge on any atom is 0.168 e. The molecule has 6 atom stereocenters. The van der Waals surface area contributed by atoms with E-state index < -0.39 is 0 Å². The first-order valence-electron chi connectivity index (χ1n) is 12.6. The second-order valence-corrected chi connectivity index (χ2v) is 12.3. The minimum Gasteiger partial charge on any atom is -0.381 e. The number of Topliss-reactive ketones (excluding diaryl/α,β-unsaturated/α-hetero) is 1. The van der Waals surface area contributed by atoms with Gasteiger partial charge < -0.3 is 14.2 Å². The lowest BCUT2D eigenvalue weighted by Gasteiger charge is -2.63. The van der Waals surface area contributed by atoms with Crippen LogP contribution in [0.2, 0.25) is 0 Å². The molecule has 1 heterocycles. The van der Waals surface area contributed by atoms with E-state index >= 15 is 0 Å². The summed E-state index contributed by atoms with van der Waals surface area (Å²) in [6, 6.07) is 0. The molecule has 0 unspecified atom stereocenters. The van der Waals surface area contributed by atoms with Crippen LogP contribution in [0.1, 0.15) is 85.5 Å². The van der Waals surface area contributed by atoms with Crippen molar-refractivity contribution < 1.29 is 19.0 Å². The molecule has 0 N–H and O–H groups in total. The van der Waals surface area contributed by atoms with E-state index in [9.17, 15) is 4.79 Å². The van der Waals surface area contributed by atoms with Gasteiger partial charge in [-0.3, -0.25) is 4.79 Å². The lowest BCUT2D eigenvalue weighted by molar-refractivity contribution is -0.333. The Kier molecular flexibility index (Phi) is 5.19. The van der Waals surface area contributed by atoms with Crippen LogP contribution in [0.5, 0.6) is 0 Å². The standard InChI is InChI=1S/C26H42O4/c1-5-28-17-25-12-13-26(29-15-23(2,3)16-30-26)14-18(25)6-7-19-20-8-9-22(27)24(20,4)11-10-21(19)25/h18-21H,5-17H2,1-4H3/t18-,19+,20+,21+,24+,25-/m1/s1. The lowest BCUT2D eigenvalue weighted by Crippen LogP contribution is -2.61. The van der Waals surface area contributed by atoms with Gasteiger partial charge in [0.1, 0.15) is 5.78 Å². The zero-order valence-electron chi connectivity index (χ0n) is 19.6. The molecular formula is C26H42O4. The second-order valence-electron chi connectivity index (χ2n) is 12.3. The Hall–Kier alpha value is -0.450. The smallest absolute Gasteiger partial charge is 0.168 e. The van der Waals surface area contributed by atoms with E-state index in [1.807, 2.05) is 0 Å². The maximum atomic E-state index is 12.7. The van der Waals surface area contributed by atoms with Crippen molar-refractivity contribution in [2.75, 3.05) is 26.4 Å². The van der Waals surface area contributed by atoms with E-state index in [0.717, 1.165) is 65.0 Å². The highest BCUT2D eigenvalue weighted by molar-refractivity contribution is 5.87. The number of hydrogen-bond acceptors (Lipinski definition) is 4. The van der Waals surface area contributed by atoms with E-state index in [0.29, 0.717) is 29.5 Å². The average Bonchev–Trinajstić information content (AvgIpc) is 3.04. The fourth-order valence-corrected chi connectivity index (χ4v) is 8.34. The molecule has 4 heteroatoms. The monoisotopic (exact) mass is 418 g/mol. The van der Waals surface area contributed by atoms with Gasteiger partial charge in [0.15, 0.2) is 5.79 Å². The molecule has 0 aromatic rings. The van der Waals surface area contributed by atoms with Gasteiger partial charge in [-0.05, 0) is 69.1 Å². The van der Waals surface area contributed by atoms with Gasteiger partial charge in [0, 0.05) is 42.1 Å². The number of carbonyl (C=O) groups excluding carboxylic acids is 1. The number of hydrogen-bond donors (Lipinski definition) is 0. The molecule has 0 bridgehead atoms. The third-order valence-corrected chi connectivity index (χ3v) is 10.1. The van der Waals surface area contributed by atoms with E-state index in [1.54, 1.807) is 0 Å². The van der Waals surface area contributed by atoms with E-state index in [-0.39, 0.29) is 22.0 Å². The summed E-state index contributed by atoms with van der Waals surface area (Å²) in [5.74, 6) is 2.79. The molecule has 170 valence electrons. The average molecular weight is 419 g/mol. The zero-order chi connectivity index (χ0) is 21.2. The highest BCUT2D eigenvalue weighted by Gasteiger charge is 2.63. The fourth-order valence-electron chi connectivity index (χ4n) is 8.34. The Balaban J connectivity index is 1.41. The van der Waals surface area contributed by atoms with Gasteiger partial charge in [-0.1, -0.05) is 20.8 Å². The summed E-state index contributed by atoms with van der Waals surface area (Å²) in [5, 5.41) is 0. The van der Waals surface area contributed by atoms with Gasteiger partial charge in [-0.15, -0.1) is 0 Å². The van der Waals surface area contributed by atoms with Crippen LogP contribution in [-0.4, -0.2) is 38.0 Å². The maximum absolute atomic E-state index is 12.7. The molecular weight excluding hydrogens is 376 g/mol. The van der Waals surface area contributed by atoms with Crippen molar-refractivity contribution >= 4 is 5.78 Å². The number of carbonyl (C=O) groups is 1. The summed E-state index contributed by atoms with van der Waals surface area (Å²) in [6.45, 7) is 12.1. The molecule has 0 aromatic heterocycles. The minimum absolute atomic E-state index is 0.0438. The van der Waals surface area contributed by atoms with Crippen molar-refractivity contribution in [2.45, 2.75) is 91.3 Å². The highest BCUT2D eigenvalue weighted by atomic mass is 16.7. The molecule has 5 fully saturated rings. The van der Waals surface area contributed by atoms with E-state index in [1.165, 1.54) is 19.3 Å². The Morgan fingerprint density at radius 1 is 0.967 bits per heavy atom. The van der Waals surface area contributed by atoms with Crippen molar-refractivity contribution in [2.24, 2.45) is 39.9 Å². The first-order chi connectivity index (χ1) is 14.2. The molecule has 0 aromatic carbocycles. The topological polar surface area (TPSA) is 44.8 Å². The Labute approximate surface area is 182 Å². The number of ether oxygens (including phenoxy) is 3. The molecule has 0 radical (unpaired) electrons. The van der Waals surface area contributed by atoms with Crippen molar-refractivity contribution in [3.8, 4) is 0 Å². The Morgan fingerprint density at radius 2 is 1.73 bits per heavy atom. The minimum atomic E-state index is -0.366. The van der Waals surface area contributed by atoms with Crippen LogP contribution < -0.4 is 0 Å². The lowest BCUT2D eigenvalue weighted by atomic mass is 9.44. The molecule has 4 nitrogen and oxygen atoms in total. The van der Waals surface area contributed by atoms with Crippen LogP contribution in [-0.2, 0) is 19.0 Å². The first kappa shape index (κ1) is 21.4. The summed E-state index contributed by atoms with van der Waals surface area (Å²) in [7, 11) is 0.